The number of hydrogen-bond donors (Lipinski definition) is 5. The number of amides is 2. The van der Waals surface area contributed by atoms with Crippen LogP contribution in [0.4, 0.5) is 5.82 Å². The van der Waals surface area contributed by atoms with Crippen LogP contribution in [0.25, 0.3) is 22.3 Å². The molecule has 0 aromatic carbocycles. The fourth-order valence-corrected chi connectivity index (χ4v) is 4.30. The minimum absolute atomic E-state index is 0.0717. The Bertz CT molecular complexity index is 1210. The van der Waals surface area contributed by atoms with Crippen molar-refractivity contribution in [1.29, 1.82) is 0 Å². The van der Waals surface area contributed by atoms with Crippen LogP contribution in [0.2, 0.25) is 0 Å². The molecule has 2 aliphatic rings. The van der Waals surface area contributed by atoms with Crippen LogP contribution in [-0.2, 0) is 21.4 Å². The highest BCUT2D eigenvalue weighted by molar-refractivity contribution is 5.99. The molecule has 0 aliphatic carbocycles. The van der Waals surface area contributed by atoms with Gasteiger partial charge in [0.1, 0.15) is 30.0 Å². The van der Waals surface area contributed by atoms with Crippen LogP contribution < -0.4 is 16.4 Å². The summed E-state index contributed by atoms with van der Waals surface area (Å²) in [6.07, 6.45) is 0.226. The van der Waals surface area contributed by atoms with Crippen molar-refractivity contribution in [2.75, 3.05) is 12.3 Å². The monoisotopic (exact) mass is 456 g/mol. The van der Waals surface area contributed by atoms with Gasteiger partial charge >= 0.3 is 0 Å². The Labute approximate surface area is 187 Å². The summed E-state index contributed by atoms with van der Waals surface area (Å²) in [6.45, 7) is 0.297. The minimum atomic E-state index is -1.47. The van der Waals surface area contributed by atoms with E-state index in [0.29, 0.717) is 41.7 Å². The van der Waals surface area contributed by atoms with Gasteiger partial charge in [-0.15, -0.1) is 0 Å². The summed E-state index contributed by atoms with van der Waals surface area (Å²) in [5, 5.41) is 31.7. The molecule has 0 spiro atoms. The zero-order valence-electron chi connectivity index (χ0n) is 17.8. The number of rotatable bonds is 4. The molecule has 0 bridgehead atoms. The Kier molecular flexibility index (Phi) is 5.23. The second-order valence-electron chi connectivity index (χ2n) is 8.26. The van der Waals surface area contributed by atoms with E-state index in [4.69, 9.17) is 10.5 Å². The molecule has 0 saturated carbocycles. The van der Waals surface area contributed by atoms with Crippen LogP contribution in [0.5, 0.6) is 0 Å². The zero-order valence-corrected chi connectivity index (χ0v) is 17.8. The molecule has 2 fully saturated rings. The third kappa shape index (κ3) is 3.69. The molecular weight excluding hydrogens is 432 g/mol. The normalized spacial score (nSPS) is 27.6. The summed E-state index contributed by atoms with van der Waals surface area (Å²) in [6, 6.07) is 1.52. The van der Waals surface area contributed by atoms with Gasteiger partial charge in [0, 0.05) is 44.0 Å². The van der Waals surface area contributed by atoms with Crippen LogP contribution in [0.1, 0.15) is 19.1 Å². The first kappa shape index (κ1) is 21.3. The number of piperidine rings is 1. The molecule has 174 valence electrons. The molecule has 3 aromatic rings. The summed E-state index contributed by atoms with van der Waals surface area (Å²) in [5.74, 6) is -0.417. The first-order valence-electron chi connectivity index (χ1n) is 10.5. The van der Waals surface area contributed by atoms with Crippen LogP contribution >= 0.6 is 0 Å². The average molecular weight is 456 g/mol. The van der Waals surface area contributed by atoms with Gasteiger partial charge < -0.3 is 35.9 Å². The van der Waals surface area contributed by atoms with Gasteiger partial charge in [-0.05, 0) is 12.5 Å². The fourth-order valence-electron chi connectivity index (χ4n) is 4.30. The molecule has 2 saturated heterocycles. The Morgan fingerprint density at radius 3 is 2.85 bits per heavy atom. The van der Waals surface area contributed by atoms with Crippen molar-refractivity contribution in [2.45, 2.75) is 43.4 Å². The smallest absolute Gasteiger partial charge is 0.252 e. The van der Waals surface area contributed by atoms with Crippen molar-refractivity contribution < 1.29 is 24.5 Å². The number of carbonyl (C=O) groups excluding carboxylic acids is 2. The molecule has 3 aromatic heterocycles. The van der Waals surface area contributed by atoms with E-state index >= 15 is 0 Å². The van der Waals surface area contributed by atoms with E-state index in [1.807, 2.05) is 0 Å². The van der Waals surface area contributed by atoms with E-state index in [-0.39, 0.29) is 17.8 Å². The van der Waals surface area contributed by atoms with E-state index in [1.54, 1.807) is 30.2 Å². The quantitative estimate of drug-likeness (QED) is 0.309. The summed E-state index contributed by atoms with van der Waals surface area (Å²) in [5.41, 5.74) is 7.73. The largest absolute Gasteiger partial charge is 0.387 e. The van der Waals surface area contributed by atoms with Crippen LogP contribution in [0.15, 0.2) is 24.8 Å². The van der Waals surface area contributed by atoms with Crippen molar-refractivity contribution in [3.8, 4) is 11.3 Å². The molecule has 13 heteroatoms. The Hall–Kier alpha value is -3.55. The van der Waals surface area contributed by atoms with Crippen molar-refractivity contribution in [1.82, 2.24) is 34.9 Å². The lowest BCUT2D eigenvalue weighted by Gasteiger charge is -2.25. The number of hydrogen-bond acceptors (Lipinski definition) is 9. The number of aromatic nitrogens is 5. The van der Waals surface area contributed by atoms with Gasteiger partial charge in [0.15, 0.2) is 12.3 Å². The van der Waals surface area contributed by atoms with Crippen molar-refractivity contribution >= 4 is 28.7 Å². The lowest BCUT2D eigenvalue weighted by atomic mass is 10.1. The molecule has 2 amide bonds. The topological polar surface area (TPSA) is 182 Å². The van der Waals surface area contributed by atoms with Gasteiger partial charge in [-0.2, -0.15) is 5.10 Å². The lowest BCUT2D eigenvalue weighted by molar-refractivity contribution is -0.139. The number of aryl methyl sites for hydroxylation is 1. The van der Waals surface area contributed by atoms with E-state index < -0.39 is 30.4 Å². The van der Waals surface area contributed by atoms with Crippen LogP contribution in [-0.4, -0.2) is 77.2 Å². The van der Waals surface area contributed by atoms with E-state index in [2.05, 4.69) is 25.7 Å². The second kappa shape index (κ2) is 8.10. The Morgan fingerprint density at radius 2 is 2.15 bits per heavy atom. The molecule has 0 radical (unpaired) electrons. The Morgan fingerprint density at radius 1 is 1.33 bits per heavy atom. The van der Waals surface area contributed by atoms with Crippen molar-refractivity contribution in [3.63, 3.8) is 0 Å². The summed E-state index contributed by atoms with van der Waals surface area (Å²) >= 11 is 0. The SMILES string of the molecule is Cn1ccc(-c2cn([C@@H]3O[C@H](C(=O)N[C@@H]4CCC(=O)NC4)[C@@H](O)[C@H]3O)c3ncnc(N)c23)n1. The minimum Gasteiger partial charge on any atom is -0.387 e. The number of carbonyl (C=O) groups is 2. The van der Waals surface area contributed by atoms with E-state index in [1.165, 1.54) is 10.9 Å². The van der Waals surface area contributed by atoms with Gasteiger partial charge in [-0.25, -0.2) is 9.97 Å². The molecule has 0 unspecified atom stereocenters. The van der Waals surface area contributed by atoms with Gasteiger partial charge in [0.05, 0.1) is 11.1 Å². The highest BCUT2D eigenvalue weighted by Crippen LogP contribution is 2.37. The zero-order chi connectivity index (χ0) is 23.3. The molecule has 13 nitrogen and oxygen atoms in total. The number of nitrogens with one attached hydrogen (secondary N) is 2. The summed E-state index contributed by atoms with van der Waals surface area (Å²) < 4.78 is 9.00. The van der Waals surface area contributed by atoms with Gasteiger partial charge in [-0.1, -0.05) is 0 Å². The number of ether oxygens (including phenoxy) is 1. The third-order valence-corrected chi connectivity index (χ3v) is 6.01. The summed E-state index contributed by atoms with van der Waals surface area (Å²) in [7, 11) is 1.78. The first-order chi connectivity index (χ1) is 15.8. The number of nitrogen functional groups attached to an aromatic ring is 1. The fraction of sp³-hybridized carbons (Fsp3) is 0.450. The third-order valence-electron chi connectivity index (χ3n) is 6.01. The van der Waals surface area contributed by atoms with E-state index in [0.717, 1.165) is 0 Å². The number of anilines is 1. The molecule has 5 heterocycles. The van der Waals surface area contributed by atoms with Crippen LogP contribution in [0, 0.1) is 0 Å². The predicted octanol–water partition coefficient (Wildman–Crippen LogP) is -1.57. The molecular formula is C20H24N8O5. The molecule has 33 heavy (non-hydrogen) atoms. The highest BCUT2D eigenvalue weighted by Gasteiger charge is 2.48. The van der Waals surface area contributed by atoms with Gasteiger partial charge in [0.25, 0.3) is 5.91 Å². The molecule has 6 N–H and O–H groups in total. The van der Waals surface area contributed by atoms with Crippen LogP contribution in [0.3, 0.4) is 0 Å². The number of nitrogens with two attached hydrogens (primary N) is 1. The molecule has 2 aliphatic heterocycles. The van der Waals surface area contributed by atoms with E-state index in [9.17, 15) is 19.8 Å². The second-order valence-corrected chi connectivity index (χ2v) is 8.26. The maximum absolute atomic E-state index is 12.8. The maximum atomic E-state index is 12.8. The number of fused-ring (bicyclic) bond motifs is 1. The lowest BCUT2D eigenvalue weighted by Crippen LogP contribution is -2.52. The predicted molar refractivity (Wildman–Crippen MR) is 114 cm³/mol. The number of aliphatic hydroxyl groups is 2. The van der Waals surface area contributed by atoms with Gasteiger partial charge in [-0.3, -0.25) is 14.3 Å². The number of aliphatic hydroxyl groups excluding tert-OH is 2. The standard InChI is InChI=1S/C20H24N8O5/c1-27-5-4-11(26-27)10-7-28(18-13(10)17(21)23-8-24-18)20-15(31)14(30)16(33-20)19(32)25-9-2-3-12(29)22-6-9/h4-5,7-9,14-16,20,30-31H,2-3,6H2,1H3,(H,22,29)(H,25,32)(H2,21,23,24)/t9-,14+,15-,16+,20-/m1/s1. The maximum Gasteiger partial charge on any atom is 0.252 e. The summed E-state index contributed by atoms with van der Waals surface area (Å²) in [4.78, 5) is 32.5. The average Bonchev–Trinajstić information content (AvgIpc) is 3.47. The molecule has 5 rings (SSSR count). The number of nitrogens with zero attached hydrogens (tertiary/aromatic N) is 5. The van der Waals surface area contributed by atoms with Gasteiger partial charge in [0.2, 0.25) is 5.91 Å². The van der Waals surface area contributed by atoms with Crippen molar-refractivity contribution in [2.24, 2.45) is 7.05 Å². The molecule has 5 atom stereocenters. The Balaban J connectivity index is 1.45. The van der Waals surface area contributed by atoms with Crippen molar-refractivity contribution in [3.05, 3.63) is 24.8 Å². The first-order valence-corrected chi connectivity index (χ1v) is 10.5. The highest BCUT2D eigenvalue weighted by atomic mass is 16.6.